The normalized spacial score (nSPS) is 12.3. The lowest BCUT2D eigenvalue weighted by Gasteiger charge is -2.12. The Balaban J connectivity index is 2.17. The van der Waals surface area contributed by atoms with Crippen molar-refractivity contribution in [1.29, 1.82) is 0 Å². The van der Waals surface area contributed by atoms with Crippen molar-refractivity contribution in [2.24, 2.45) is 33.4 Å². The van der Waals surface area contributed by atoms with E-state index in [0.29, 0.717) is 21.8 Å². The van der Waals surface area contributed by atoms with Gasteiger partial charge in [-0.05, 0) is 23.3 Å². The van der Waals surface area contributed by atoms with Gasteiger partial charge in [0.1, 0.15) is 0 Å². The molecule has 0 bridgehead atoms. The molecule has 132 valence electrons. The Bertz CT molecular complexity index is 700. The first kappa shape index (κ1) is 19.4. The lowest BCUT2D eigenvalue weighted by molar-refractivity contribution is 1.23. The topological polar surface area (TPSA) is 129 Å². The summed E-state index contributed by atoms with van der Waals surface area (Å²) in [6, 6.07) is 16.4. The predicted molar refractivity (Wildman–Crippen MR) is 111 cm³/mol. The average Bonchev–Trinajstić information content (AvgIpc) is 2.66. The van der Waals surface area contributed by atoms with E-state index in [-0.39, 0.29) is 0 Å². The molecule has 2 aromatic rings. The van der Waals surface area contributed by atoms with Crippen LogP contribution < -0.4 is 23.2 Å². The average molecular weight is 393 g/mol. The van der Waals surface area contributed by atoms with Crippen LogP contribution in [0.15, 0.2) is 68.5 Å². The third-order valence-corrected chi connectivity index (χ3v) is 6.12. The summed E-state index contributed by atoms with van der Waals surface area (Å²) in [7, 11) is 0. The fourth-order valence-corrected chi connectivity index (χ4v) is 4.46. The molecule has 0 saturated heterocycles. The van der Waals surface area contributed by atoms with Crippen LogP contribution in [0.2, 0.25) is 0 Å². The van der Waals surface area contributed by atoms with Crippen molar-refractivity contribution in [2.75, 3.05) is 0 Å². The number of benzene rings is 2. The molecule has 0 aromatic heterocycles. The number of thioether (sulfide) groups is 2. The van der Waals surface area contributed by atoms with E-state index in [9.17, 15) is 0 Å². The maximum Gasteiger partial charge on any atom is 0.177 e. The monoisotopic (exact) mass is 392 g/mol. The van der Waals surface area contributed by atoms with Gasteiger partial charge in [-0.2, -0.15) is 10.2 Å². The number of amidine groups is 2. The van der Waals surface area contributed by atoms with Crippen LogP contribution >= 0.6 is 35.3 Å². The summed E-state index contributed by atoms with van der Waals surface area (Å²) in [5.41, 5.74) is 13.7. The van der Waals surface area contributed by atoms with Gasteiger partial charge in [0.25, 0.3) is 0 Å². The number of nitrogens with zero attached hydrogens (tertiary/aromatic N) is 2. The first-order valence-corrected chi connectivity index (χ1v) is 10.1. The third-order valence-electron chi connectivity index (χ3n) is 3.17. The highest BCUT2D eigenvalue weighted by molar-refractivity contribution is 8.13. The van der Waals surface area contributed by atoms with Crippen LogP contribution in [0.5, 0.6) is 0 Å². The molecule has 0 aliphatic rings. The van der Waals surface area contributed by atoms with Crippen molar-refractivity contribution in [2.45, 2.75) is 21.3 Å². The smallest absolute Gasteiger partial charge is 0.177 e. The van der Waals surface area contributed by atoms with E-state index in [1.54, 1.807) is 11.8 Å². The van der Waals surface area contributed by atoms with E-state index in [1.165, 1.54) is 34.7 Å². The van der Waals surface area contributed by atoms with Crippen LogP contribution in [-0.4, -0.2) is 10.3 Å². The predicted octanol–water partition coefficient (Wildman–Crippen LogP) is 2.68. The second-order valence-corrected chi connectivity index (χ2v) is 7.90. The fourth-order valence-electron chi connectivity index (χ4n) is 1.94. The van der Waals surface area contributed by atoms with Crippen LogP contribution in [-0.2, 0) is 11.5 Å². The van der Waals surface area contributed by atoms with Crippen molar-refractivity contribution in [3.8, 4) is 0 Å². The Hall–Kier alpha value is -1.97. The summed E-state index contributed by atoms with van der Waals surface area (Å²) in [6.07, 6.45) is 0. The van der Waals surface area contributed by atoms with Gasteiger partial charge < -0.3 is 23.2 Å². The van der Waals surface area contributed by atoms with Gasteiger partial charge in [0.2, 0.25) is 0 Å². The summed E-state index contributed by atoms with van der Waals surface area (Å²) in [6.45, 7) is 0. The third kappa shape index (κ3) is 6.11. The number of rotatable bonds is 6. The van der Waals surface area contributed by atoms with Crippen molar-refractivity contribution in [1.82, 2.24) is 0 Å². The standard InChI is InChI=1S/C16H20N6S3/c17-15(21-19)23-9-11-5-1-3-7-13(11)25-14-8-4-2-6-12(14)10-24-16(18)22-20/h1-8H,9-10,19-20H2,(H2,17,21)(H2,18,22). The number of hydrogen-bond donors (Lipinski definition) is 4. The van der Waals surface area contributed by atoms with E-state index in [0.717, 1.165) is 9.79 Å². The summed E-state index contributed by atoms with van der Waals surface area (Å²) in [5, 5.41) is 7.73. The van der Waals surface area contributed by atoms with Gasteiger partial charge in [-0.25, -0.2) is 0 Å². The molecular formula is C16H20N6S3. The van der Waals surface area contributed by atoms with Crippen molar-refractivity contribution < 1.29 is 0 Å². The molecule has 0 spiro atoms. The number of nitrogens with two attached hydrogens (primary N) is 4. The van der Waals surface area contributed by atoms with Gasteiger partial charge in [-0.3, -0.25) is 0 Å². The SMILES string of the molecule is N/N=C(\N)SCc1ccccc1Sc1ccccc1CS/C(N)=N/N. The zero-order chi connectivity index (χ0) is 18.1. The van der Waals surface area contributed by atoms with Crippen molar-refractivity contribution in [3.63, 3.8) is 0 Å². The number of hydrogen-bond acceptors (Lipinski definition) is 7. The molecule has 0 aliphatic heterocycles. The highest BCUT2D eigenvalue weighted by Crippen LogP contribution is 2.35. The van der Waals surface area contributed by atoms with E-state index in [1.807, 2.05) is 24.3 Å². The minimum Gasteiger partial charge on any atom is -0.377 e. The molecule has 8 N–H and O–H groups in total. The Morgan fingerprint density at radius 3 is 1.52 bits per heavy atom. The van der Waals surface area contributed by atoms with E-state index in [2.05, 4.69) is 34.5 Å². The maximum absolute atomic E-state index is 5.67. The molecule has 6 nitrogen and oxygen atoms in total. The minimum atomic E-state index is 0.369. The Kier molecular flexibility index (Phi) is 7.83. The van der Waals surface area contributed by atoms with Gasteiger partial charge in [-0.1, -0.05) is 71.7 Å². The Morgan fingerprint density at radius 2 is 1.12 bits per heavy atom. The zero-order valence-corrected chi connectivity index (χ0v) is 15.9. The Morgan fingerprint density at radius 1 is 0.720 bits per heavy atom. The summed E-state index contributed by atoms with van der Waals surface area (Å²) in [5.74, 6) is 11.8. The fraction of sp³-hybridized carbons (Fsp3) is 0.125. The summed E-state index contributed by atoms with van der Waals surface area (Å²) >= 11 is 4.54. The molecule has 9 heteroatoms. The lowest BCUT2D eigenvalue weighted by atomic mass is 10.2. The van der Waals surface area contributed by atoms with E-state index >= 15 is 0 Å². The first-order valence-electron chi connectivity index (χ1n) is 7.30. The number of hydrazone groups is 2. The van der Waals surface area contributed by atoms with Crippen LogP contribution in [0.1, 0.15) is 11.1 Å². The molecule has 0 unspecified atom stereocenters. The molecular weight excluding hydrogens is 372 g/mol. The van der Waals surface area contributed by atoms with Crippen LogP contribution in [0.4, 0.5) is 0 Å². The van der Waals surface area contributed by atoms with Crippen molar-refractivity contribution >= 4 is 45.6 Å². The highest BCUT2D eigenvalue weighted by Gasteiger charge is 2.09. The molecule has 2 rings (SSSR count). The van der Waals surface area contributed by atoms with Gasteiger partial charge in [0.15, 0.2) is 10.3 Å². The summed E-state index contributed by atoms with van der Waals surface area (Å²) in [4.78, 5) is 2.33. The van der Waals surface area contributed by atoms with Crippen LogP contribution in [0.3, 0.4) is 0 Å². The molecule has 0 radical (unpaired) electrons. The van der Waals surface area contributed by atoms with E-state index < -0.39 is 0 Å². The molecule has 0 aliphatic carbocycles. The molecule has 0 amide bonds. The summed E-state index contributed by atoms with van der Waals surface area (Å²) < 4.78 is 0. The lowest BCUT2D eigenvalue weighted by Crippen LogP contribution is -2.09. The minimum absolute atomic E-state index is 0.369. The van der Waals surface area contributed by atoms with E-state index in [4.69, 9.17) is 23.2 Å². The van der Waals surface area contributed by atoms with Gasteiger partial charge in [0, 0.05) is 21.3 Å². The second-order valence-electron chi connectivity index (χ2n) is 4.83. The zero-order valence-electron chi connectivity index (χ0n) is 13.5. The molecule has 0 atom stereocenters. The van der Waals surface area contributed by atoms with Crippen LogP contribution in [0.25, 0.3) is 0 Å². The van der Waals surface area contributed by atoms with Gasteiger partial charge in [0.05, 0.1) is 0 Å². The molecule has 2 aromatic carbocycles. The highest BCUT2D eigenvalue weighted by atomic mass is 32.2. The largest absolute Gasteiger partial charge is 0.377 e. The van der Waals surface area contributed by atoms with Gasteiger partial charge in [-0.15, -0.1) is 0 Å². The van der Waals surface area contributed by atoms with Crippen LogP contribution in [0, 0.1) is 0 Å². The second kappa shape index (κ2) is 10.1. The molecule has 25 heavy (non-hydrogen) atoms. The van der Waals surface area contributed by atoms with Gasteiger partial charge >= 0.3 is 0 Å². The molecule has 0 saturated carbocycles. The molecule has 0 heterocycles. The first-order chi connectivity index (χ1) is 12.1. The quantitative estimate of drug-likeness (QED) is 0.257. The maximum atomic E-state index is 5.67. The molecule has 0 fully saturated rings. The Labute approximate surface area is 159 Å². The van der Waals surface area contributed by atoms with Crippen molar-refractivity contribution in [3.05, 3.63) is 59.7 Å².